The third-order valence-corrected chi connectivity index (χ3v) is 4.40. The first kappa shape index (κ1) is 18.6. The molecular weight excluding hydrogens is 369 g/mol. The second kappa shape index (κ2) is 8.95. The summed E-state index contributed by atoms with van der Waals surface area (Å²) < 4.78 is 23.7. The van der Waals surface area contributed by atoms with Crippen molar-refractivity contribution in [3.63, 3.8) is 0 Å². The topological polar surface area (TPSA) is 64.6 Å². The van der Waals surface area contributed by atoms with Gasteiger partial charge in [0.2, 0.25) is 0 Å². The maximum Gasteiger partial charge on any atom is 0.338 e. The molecule has 0 unspecified atom stereocenters. The van der Waals surface area contributed by atoms with Gasteiger partial charge in [-0.2, -0.15) is 0 Å². The Bertz CT molecular complexity index is 910. The van der Waals surface area contributed by atoms with Gasteiger partial charge in [-0.25, -0.2) is 9.18 Å². The fourth-order valence-electron chi connectivity index (χ4n) is 2.22. The van der Waals surface area contributed by atoms with Crippen molar-refractivity contribution in [1.82, 2.24) is 0 Å². The number of ether oxygens (including phenoxy) is 2. The van der Waals surface area contributed by atoms with Crippen LogP contribution in [0.3, 0.4) is 0 Å². The van der Waals surface area contributed by atoms with Gasteiger partial charge in [0.05, 0.1) is 10.4 Å². The van der Waals surface area contributed by atoms with Gasteiger partial charge in [-0.3, -0.25) is 4.79 Å². The first-order valence-corrected chi connectivity index (χ1v) is 9.01. The van der Waals surface area contributed by atoms with E-state index in [4.69, 9.17) is 9.47 Å². The highest BCUT2D eigenvalue weighted by molar-refractivity contribution is 7.12. The summed E-state index contributed by atoms with van der Waals surface area (Å²) in [7, 11) is 0. The standard InChI is InChI=1S/C20H16FNO4S/c21-16-4-1-2-5-17(16)25-11-12-26-20(24)14-7-9-15(10-8-14)22-19(23)18-6-3-13-27-18/h1-10,13H,11-12H2,(H,22,23). The molecule has 138 valence electrons. The zero-order valence-electron chi connectivity index (χ0n) is 14.2. The van der Waals surface area contributed by atoms with Crippen LogP contribution in [0.2, 0.25) is 0 Å². The van der Waals surface area contributed by atoms with Gasteiger partial charge in [-0.15, -0.1) is 11.3 Å². The minimum absolute atomic E-state index is 0.00989. The molecule has 1 amide bonds. The van der Waals surface area contributed by atoms with Crippen molar-refractivity contribution >= 4 is 28.9 Å². The van der Waals surface area contributed by atoms with E-state index in [-0.39, 0.29) is 24.9 Å². The summed E-state index contributed by atoms with van der Waals surface area (Å²) in [6.07, 6.45) is 0. The van der Waals surface area contributed by atoms with Crippen LogP contribution < -0.4 is 10.1 Å². The first-order chi connectivity index (χ1) is 13.1. The summed E-state index contributed by atoms with van der Waals surface area (Å²) in [5.41, 5.74) is 0.919. The number of carbonyl (C=O) groups is 2. The molecule has 0 fully saturated rings. The third-order valence-electron chi connectivity index (χ3n) is 3.53. The molecule has 0 bridgehead atoms. The molecule has 27 heavy (non-hydrogen) atoms. The van der Waals surface area contributed by atoms with Gasteiger partial charge in [0, 0.05) is 5.69 Å². The second-order valence-electron chi connectivity index (χ2n) is 5.42. The summed E-state index contributed by atoms with van der Waals surface area (Å²) in [5.74, 6) is -1.09. The Kier molecular flexibility index (Phi) is 6.17. The molecule has 1 aromatic heterocycles. The van der Waals surface area contributed by atoms with Crippen LogP contribution in [0.25, 0.3) is 0 Å². The van der Waals surface area contributed by atoms with Crippen LogP contribution >= 0.6 is 11.3 Å². The van der Waals surface area contributed by atoms with Gasteiger partial charge < -0.3 is 14.8 Å². The third kappa shape index (κ3) is 5.15. The van der Waals surface area contributed by atoms with Gasteiger partial charge in [0.1, 0.15) is 13.2 Å². The van der Waals surface area contributed by atoms with Crippen LogP contribution in [0.15, 0.2) is 66.0 Å². The van der Waals surface area contributed by atoms with Gasteiger partial charge in [-0.1, -0.05) is 18.2 Å². The number of para-hydroxylation sites is 1. The lowest BCUT2D eigenvalue weighted by atomic mass is 10.2. The Hall–Kier alpha value is -3.19. The summed E-state index contributed by atoms with van der Waals surface area (Å²) in [5, 5.41) is 4.57. The monoisotopic (exact) mass is 385 g/mol. The van der Waals surface area contributed by atoms with E-state index in [1.54, 1.807) is 48.5 Å². The Morgan fingerprint density at radius 3 is 2.44 bits per heavy atom. The number of carbonyl (C=O) groups excluding carboxylic acids is 2. The average Bonchev–Trinajstić information content (AvgIpc) is 3.22. The van der Waals surface area contributed by atoms with E-state index < -0.39 is 11.8 Å². The van der Waals surface area contributed by atoms with Gasteiger partial charge in [0.15, 0.2) is 11.6 Å². The van der Waals surface area contributed by atoms with Crippen molar-refractivity contribution in [2.45, 2.75) is 0 Å². The fourth-order valence-corrected chi connectivity index (χ4v) is 2.84. The number of nitrogens with one attached hydrogen (secondary N) is 1. The van der Waals surface area contributed by atoms with Crippen LogP contribution in [0.5, 0.6) is 5.75 Å². The summed E-state index contributed by atoms with van der Waals surface area (Å²) in [4.78, 5) is 24.6. The van der Waals surface area contributed by atoms with E-state index in [0.717, 1.165) is 0 Å². The van der Waals surface area contributed by atoms with Crippen molar-refractivity contribution < 1.29 is 23.5 Å². The van der Waals surface area contributed by atoms with E-state index in [1.165, 1.54) is 23.5 Å². The van der Waals surface area contributed by atoms with Gasteiger partial charge >= 0.3 is 5.97 Å². The lowest BCUT2D eigenvalue weighted by molar-refractivity contribution is 0.0448. The van der Waals surface area contributed by atoms with Gasteiger partial charge in [-0.05, 0) is 47.8 Å². The van der Waals surface area contributed by atoms with E-state index >= 15 is 0 Å². The largest absolute Gasteiger partial charge is 0.487 e. The Morgan fingerprint density at radius 1 is 0.963 bits per heavy atom. The molecule has 0 aliphatic heterocycles. The number of anilines is 1. The molecule has 0 aliphatic rings. The molecule has 3 aromatic rings. The van der Waals surface area contributed by atoms with E-state index in [0.29, 0.717) is 16.1 Å². The molecule has 0 saturated carbocycles. The molecule has 1 N–H and O–H groups in total. The molecule has 7 heteroatoms. The zero-order chi connectivity index (χ0) is 19.1. The molecule has 0 atom stereocenters. The number of halogens is 1. The quantitative estimate of drug-likeness (QED) is 0.484. The van der Waals surface area contributed by atoms with Crippen LogP contribution in [0.4, 0.5) is 10.1 Å². The number of thiophene rings is 1. The first-order valence-electron chi connectivity index (χ1n) is 8.13. The molecule has 3 rings (SSSR count). The van der Waals surface area contributed by atoms with Crippen LogP contribution in [0, 0.1) is 5.82 Å². The predicted molar refractivity (Wildman–Crippen MR) is 101 cm³/mol. The van der Waals surface area contributed by atoms with Crippen molar-refractivity contribution in [3.05, 3.63) is 82.3 Å². The number of benzene rings is 2. The predicted octanol–water partition coefficient (Wildman–Crippen LogP) is 4.38. The highest BCUT2D eigenvalue weighted by Crippen LogP contribution is 2.16. The molecule has 0 spiro atoms. The molecule has 5 nitrogen and oxygen atoms in total. The number of hydrogen-bond donors (Lipinski definition) is 1. The minimum atomic E-state index is -0.525. The van der Waals surface area contributed by atoms with Crippen LogP contribution in [-0.2, 0) is 4.74 Å². The van der Waals surface area contributed by atoms with Crippen molar-refractivity contribution in [2.75, 3.05) is 18.5 Å². The van der Waals surface area contributed by atoms with E-state index in [1.807, 2.05) is 5.38 Å². The summed E-state index contributed by atoms with van der Waals surface area (Å²) in [6, 6.07) is 15.9. The number of rotatable bonds is 7. The number of amides is 1. The lowest BCUT2D eigenvalue weighted by Gasteiger charge is -2.08. The fraction of sp³-hybridized carbons (Fsp3) is 0.100. The highest BCUT2D eigenvalue weighted by Gasteiger charge is 2.10. The smallest absolute Gasteiger partial charge is 0.338 e. The maximum atomic E-state index is 13.4. The van der Waals surface area contributed by atoms with Crippen LogP contribution in [-0.4, -0.2) is 25.1 Å². The summed E-state index contributed by atoms with van der Waals surface area (Å²) in [6.45, 7) is 0.0334. The van der Waals surface area contributed by atoms with Gasteiger partial charge in [0.25, 0.3) is 5.91 Å². The van der Waals surface area contributed by atoms with Crippen LogP contribution in [0.1, 0.15) is 20.0 Å². The normalized spacial score (nSPS) is 10.3. The maximum absolute atomic E-state index is 13.4. The molecule has 1 heterocycles. The SMILES string of the molecule is O=C(OCCOc1ccccc1F)c1ccc(NC(=O)c2cccs2)cc1. The highest BCUT2D eigenvalue weighted by atomic mass is 32.1. The lowest BCUT2D eigenvalue weighted by Crippen LogP contribution is -2.13. The Balaban J connectivity index is 1.46. The number of esters is 1. The minimum Gasteiger partial charge on any atom is -0.487 e. The molecule has 0 saturated heterocycles. The van der Waals surface area contributed by atoms with Crippen molar-refractivity contribution in [3.8, 4) is 5.75 Å². The molecule has 2 aromatic carbocycles. The summed E-state index contributed by atoms with van der Waals surface area (Å²) >= 11 is 1.35. The zero-order valence-corrected chi connectivity index (χ0v) is 15.0. The van der Waals surface area contributed by atoms with E-state index in [2.05, 4.69) is 5.32 Å². The second-order valence-corrected chi connectivity index (χ2v) is 6.37. The Labute approximate surface area is 159 Å². The number of hydrogen-bond acceptors (Lipinski definition) is 5. The van der Waals surface area contributed by atoms with E-state index in [9.17, 15) is 14.0 Å². The van der Waals surface area contributed by atoms with Crippen molar-refractivity contribution in [2.24, 2.45) is 0 Å². The Morgan fingerprint density at radius 2 is 1.74 bits per heavy atom. The van der Waals surface area contributed by atoms with Crippen molar-refractivity contribution in [1.29, 1.82) is 0 Å². The average molecular weight is 385 g/mol. The molecular formula is C20H16FNO4S. The molecule has 0 radical (unpaired) electrons. The molecule has 0 aliphatic carbocycles.